The monoisotopic (exact) mass is 314 g/mol. The summed E-state index contributed by atoms with van der Waals surface area (Å²) < 4.78 is 0. The second kappa shape index (κ2) is 6.71. The van der Waals surface area contributed by atoms with E-state index >= 15 is 0 Å². The van der Waals surface area contributed by atoms with Crippen LogP contribution < -0.4 is 4.90 Å². The Balaban J connectivity index is 1.97. The molecule has 0 spiro atoms. The van der Waals surface area contributed by atoms with Crippen LogP contribution in [0.2, 0.25) is 0 Å². The van der Waals surface area contributed by atoms with Crippen molar-refractivity contribution in [1.82, 2.24) is 15.0 Å². The number of aromatic nitrogens is 3. The molecule has 3 unspecified atom stereocenters. The van der Waals surface area contributed by atoms with Crippen molar-refractivity contribution in [3.05, 3.63) is 30.7 Å². The average Bonchev–Trinajstić information content (AvgIpc) is 3.02. The van der Waals surface area contributed by atoms with Crippen LogP contribution in [0.4, 0.5) is 5.82 Å². The summed E-state index contributed by atoms with van der Waals surface area (Å²) in [5.74, 6) is 2.05. The maximum atomic E-state index is 9.60. The van der Waals surface area contributed by atoms with Crippen LogP contribution in [0.3, 0.4) is 0 Å². The maximum absolute atomic E-state index is 9.60. The highest BCUT2D eigenvalue weighted by Crippen LogP contribution is 2.37. The van der Waals surface area contributed by atoms with Crippen molar-refractivity contribution in [3.8, 4) is 0 Å². The first-order chi connectivity index (χ1) is 11.1. The minimum absolute atomic E-state index is 0.122. The topological polar surface area (TPSA) is 65.0 Å². The van der Waals surface area contributed by atoms with Gasteiger partial charge in [-0.15, -0.1) is 0 Å². The van der Waals surface area contributed by atoms with E-state index in [1.54, 1.807) is 6.33 Å². The van der Waals surface area contributed by atoms with E-state index in [2.05, 4.69) is 40.3 Å². The van der Waals surface area contributed by atoms with Gasteiger partial charge < -0.3 is 15.0 Å². The number of H-pyrrole nitrogens is 1. The quantitative estimate of drug-likeness (QED) is 0.832. The number of allylic oxidation sites excluding steroid dienone is 1. The second-order valence-electron chi connectivity index (χ2n) is 6.76. The predicted octanol–water partition coefficient (Wildman–Crippen LogP) is 3.14. The highest BCUT2D eigenvalue weighted by atomic mass is 16.3. The largest absolute Gasteiger partial charge is 0.395 e. The second-order valence-corrected chi connectivity index (χ2v) is 6.76. The first-order valence-corrected chi connectivity index (χ1v) is 8.42. The number of nitrogens with one attached hydrogen (secondary N) is 1. The minimum Gasteiger partial charge on any atom is -0.395 e. The van der Waals surface area contributed by atoms with Crippen LogP contribution in [0.5, 0.6) is 0 Å². The number of rotatable bonds is 5. The molecule has 2 aromatic rings. The Morgan fingerprint density at radius 3 is 3.00 bits per heavy atom. The number of aliphatic hydroxyl groups is 1. The Labute approximate surface area is 137 Å². The van der Waals surface area contributed by atoms with Crippen LogP contribution >= 0.6 is 0 Å². The fraction of sp³-hybridized carbons (Fsp3) is 0.556. The van der Waals surface area contributed by atoms with Crippen LogP contribution in [0.1, 0.15) is 33.1 Å². The minimum atomic E-state index is 0.122. The molecule has 2 aromatic heterocycles. The van der Waals surface area contributed by atoms with Crippen LogP contribution in [0, 0.1) is 11.8 Å². The van der Waals surface area contributed by atoms with Crippen LogP contribution in [0.25, 0.3) is 11.0 Å². The van der Waals surface area contributed by atoms with E-state index in [-0.39, 0.29) is 6.61 Å². The van der Waals surface area contributed by atoms with Gasteiger partial charge in [0, 0.05) is 18.8 Å². The van der Waals surface area contributed by atoms with E-state index in [1.807, 2.05) is 12.3 Å². The summed E-state index contributed by atoms with van der Waals surface area (Å²) in [5, 5.41) is 10.6. The molecule has 23 heavy (non-hydrogen) atoms. The van der Waals surface area contributed by atoms with Crippen LogP contribution in [-0.2, 0) is 0 Å². The Morgan fingerprint density at radius 1 is 1.43 bits per heavy atom. The van der Waals surface area contributed by atoms with Gasteiger partial charge in [0.1, 0.15) is 17.8 Å². The van der Waals surface area contributed by atoms with E-state index < -0.39 is 0 Å². The lowest BCUT2D eigenvalue weighted by Gasteiger charge is -2.42. The standard InChI is InChI=1S/C18H26N4O/c1-12(2)14-5-4-13(3)16(10-14)22(8-9-23)18-15-6-7-19-17(15)20-11-21-18/h6-7,11,13-14,16,23H,1,4-5,8-10H2,2-3H3,(H,19,20,21). The lowest BCUT2D eigenvalue weighted by molar-refractivity contribution is 0.242. The van der Waals surface area contributed by atoms with Crippen molar-refractivity contribution >= 4 is 16.9 Å². The number of hydrogen-bond acceptors (Lipinski definition) is 4. The van der Waals surface area contributed by atoms with Crippen molar-refractivity contribution in [2.24, 2.45) is 11.8 Å². The molecular formula is C18H26N4O. The zero-order chi connectivity index (χ0) is 16.4. The Morgan fingerprint density at radius 2 is 2.26 bits per heavy atom. The lowest BCUT2D eigenvalue weighted by Crippen LogP contribution is -2.45. The molecule has 0 aliphatic heterocycles. The van der Waals surface area contributed by atoms with Gasteiger partial charge >= 0.3 is 0 Å². The van der Waals surface area contributed by atoms with Crippen molar-refractivity contribution in [1.29, 1.82) is 0 Å². The maximum Gasteiger partial charge on any atom is 0.142 e. The molecule has 1 saturated carbocycles. The lowest BCUT2D eigenvalue weighted by atomic mass is 9.76. The molecular weight excluding hydrogens is 288 g/mol. The summed E-state index contributed by atoms with van der Waals surface area (Å²) in [6, 6.07) is 2.38. The predicted molar refractivity (Wildman–Crippen MR) is 93.4 cm³/mol. The first kappa shape index (κ1) is 16.0. The number of fused-ring (bicyclic) bond motifs is 1. The third-order valence-electron chi connectivity index (χ3n) is 5.20. The van der Waals surface area contributed by atoms with Gasteiger partial charge in [-0.25, -0.2) is 9.97 Å². The zero-order valence-electron chi connectivity index (χ0n) is 14.0. The van der Waals surface area contributed by atoms with Gasteiger partial charge in [0.15, 0.2) is 0 Å². The number of anilines is 1. The molecule has 5 heteroatoms. The highest BCUT2D eigenvalue weighted by molar-refractivity contribution is 5.87. The molecule has 1 aliphatic carbocycles. The SMILES string of the molecule is C=C(C)C1CCC(C)C(N(CCO)c2ncnc3[nH]ccc23)C1. The smallest absolute Gasteiger partial charge is 0.142 e. The molecule has 0 aromatic carbocycles. The molecule has 1 aliphatic rings. The van der Waals surface area contributed by atoms with Crippen molar-refractivity contribution in [2.45, 2.75) is 39.2 Å². The molecule has 0 saturated heterocycles. The van der Waals surface area contributed by atoms with Crippen molar-refractivity contribution < 1.29 is 5.11 Å². The van der Waals surface area contributed by atoms with E-state index in [9.17, 15) is 5.11 Å². The summed E-state index contributed by atoms with van der Waals surface area (Å²) in [6.45, 7) is 9.31. The highest BCUT2D eigenvalue weighted by Gasteiger charge is 2.33. The van der Waals surface area contributed by atoms with Crippen LogP contribution in [-0.4, -0.2) is 39.3 Å². The number of nitrogens with zero attached hydrogens (tertiary/aromatic N) is 3. The molecule has 5 nitrogen and oxygen atoms in total. The fourth-order valence-electron chi connectivity index (χ4n) is 3.80. The van der Waals surface area contributed by atoms with E-state index in [0.29, 0.717) is 24.4 Å². The number of aliphatic hydroxyl groups excluding tert-OH is 1. The number of aromatic amines is 1. The van der Waals surface area contributed by atoms with Crippen molar-refractivity contribution in [2.75, 3.05) is 18.1 Å². The van der Waals surface area contributed by atoms with Gasteiger partial charge in [0.05, 0.1) is 12.0 Å². The third kappa shape index (κ3) is 3.11. The molecule has 0 amide bonds. The van der Waals surface area contributed by atoms with Crippen molar-refractivity contribution in [3.63, 3.8) is 0 Å². The molecule has 0 bridgehead atoms. The molecule has 2 heterocycles. The summed E-state index contributed by atoms with van der Waals surface area (Å²) in [7, 11) is 0. The Kier molecular flexibility index (Phi) is 4.66. The van der Waals surface area contributed by atoms with Crippen LogP contribution in [0.15, 0.2) is 30.7 Å². The van der Waals surface area contributed by atoms with E-state index in [0.717, 1.165) is 23.3 Å². The van der Waals surface area contributed by atoms with Gasteiger partial charge in [-0.05, 0) is 44.1 Å². The number of hydrogen-bond donors (Lipinski definition) is 2. The Bertz CT molecular complexity index is 680. The Hall–Kier alpha value is -1.88. The summed E-state index contributed by atoms with van der Waals surface area (Å²) >= 11 is 0. The van der Waals surface area contributed by atoms with E-state index in [4.69, 9.17) is 0 Å². The molecule has 1 fully saturated rings. The first-order valence-electron chi connectivity index (χ1n) is 8.42. The molecule has 3 atom stereocenters. The van der Waals surface area contributed by atoms with Gasteiger partial charge in [0.25, 0.3) is 0 Å². The fourth-order valence-corrected chi connectivity index (χ4v) is 3.80. The summed E-state index contributed by atoms with van der Waals surface area (Å²) in [6.07, 6.45) is 6.96. The van der Waals surface area contributed by atoms with Gasteiger partial charge in [-0.3, -0.25) is 0 Å². The molecule has 2 N–H and O–H groups in total. The normalized spacial score (nSPS) is 24.7. The summed E-state index contributed by atoms with van der Waals surface area (Å²) in [4.78, 5) is 14.2. The average molecular weight is 314 g/mol. The van der Waals surface area contributed by atoms with Gasteiger partial charge in [-0.1, -0.05) is 19.1 Å². The van der Waals surface area contributed by atoms with Gasteiger partial charge in [0.2, 0.25) is 0 Å². The third-order valence-corrected chi connectivity index (χ3v) is 5.20. The molecule has 3 rings (SSSR count). The molecule has 0 radical (unpaired) electrons. The van der Waals surface area contributed by atoms with Gasteiger partial charge in [-0.2, -0.15) is 0 Å². The zero-order valence-corrected chi connectivity index (χ0v) is 14.0. The van der Waals surface area contributed by atoms with E-state index in [1.165, 1.54) is 18.4 Å². The molecule has 124 valence electrons. The summed E-state index contributed by atoms with van der Waals surface area (Å²) in [5.41, 5.74) is 2.11.